The van der Waals surface area contributed by atoms with E-state index in [1.54, 1.807) is 19.1 Å². The number of benzene rings is 1. The normalized spacial score (nSPS) is 17.2. The standard InChI is InChI=1S/C19H24N4O4S2/c1-3-18(24)22-14-6-8-16(9-7-14)29(26,27)23-10-4-5-17(23)19(25)20-11-15-12-28-13(2)21-15/h6-9,12,17H,3-5,10-11H2,1-2H3,(H,20,25)(H,22,24). The molecule has 2 heterocycles. The largest absolute Gasteiger partial charge is 0.349 e. The number of amides is 2. The Hall–Kier alpha value is -2.30. The molecule has 29 heavy (non-hydrogen) atoms. The van der Waals surface area contributed by atoms with Crippen molar-refractivity contribution in [2.24, 2.45) is 0 Å². The molecule has 1 aliphatic heterocycles. The van der Waals surface area contributed by atoms with E-state index in [0.717, 1.165) is 10.7 Å². The molecule has 1 unspecified atom stereocenters. The Balaban J connectivity index is 1.69. The first kappa shape index (κ1) is 21.4. The summed E-state index contributed by atoms with van der Waals surface area (Å²) in [6, 6.07) is 5.27. The molecule has 0 radical (unpaired) electrons. The molecule has 10 heteroatoms. The van der Waals surface area contributed by atoms with E-state index in [1.165, 1.54) is 27.8 Å². The van der Waals surface area contributed by atoms with Crippen molar-refractivity contribution in [3.8, 4) is 0 Å². The summed E-state index contributed by atoms with van der Waals surface area (Å²) < 4.78 is 27.4. The molecular weight excluding hydrogens is 412 g/mol. The summed E-state index contributed by atoms with van der Waals surface area (Å²) in [7, 11) is -3.82. The zero-order chi connectivity index (χ0) is 21.0. The zero-order valence-corrected chi connectivity index (χ0v) is 18.0. The molecule has 3 rings (SSSR count). The number of hydrogen-bond donors (Lipinski definition) is 2. The van der Waals surface area contributed by atoms with Crippen LogP contribution in [0.2, 0.25) is 0 Å². The summed E-state index contributed by atoms with van der Waals surface area (Å²) in [6.07, 6.45) is 1.44. The molecule has 0 aliphatic carbocycles. The SMILES string of the molecule is CCC(=O)Nc1ccc(S(=O)(=O)N2CCCC2C(=O)NCc2csc(C)n2)cc1. The number of nitrogens with zero attached hydrogens (tertiary/aromatic N) is 2. The van der Waals surface area contributed by atoms with Crippen molar-refractivity contribution in [1.82, 2.24) is 14.6 Å². The van der Waals surface area contributed by atoms with Crippen LogP contribution in [0.5, 0.6) is 0 Å². The fourth-order valence-electron chi connectivity index (χ4n) is 3.17. The summed E-state index contributed by atoms with van der Waals surface area (Å²) in [5, 5.41) is 8.27. The Morgan fingerprint density at radius 1 is 1.28 bits per heavy atom. The minimum Gasteiger partial charge on any atom is -0.349 e. The van der Waals surface area contributed by atoms with Gasteiger partial charge in [-0.25, -0.2) is 13.4 Å². The Bertz CT molecular complexity index is 986. The number of sulfonamides is 1. The maximum absolute atomic E-state index is 13.1. The number of hydrogen-bond acceptors (Lipinski definition) is 6. The summed E-state index contributed by atoms with van der Waals surface area (Å²) in [5.41, 5.74) is 1.29. The minimum absolute atomic E-state index is 0.0989. The van der Waals surface area contributed by atoms with Gasteiger partial charge >= 0.3 is 0 Å². The molecule has 2 aromatic rings. The molecule has 0 spiro atoms. The van der Waals surface area contributed by atoms with Crippen molar-refractivity contribution >= 4 is 38.9 Å². The molecule has 1 atom stereocenters. The van der Waals surface area contributed by atoms with Crippen LogP contribution >= 0.6 is 11.3 Å². The van der Waals surface area contributed by atoms with Crippen molar-refractivity contribution < 1.29 is 18.0 Å². The number of anilines is 1. The Morgan fingerprint density at radius 3 is 2.62 bits per heavy atom. The van der Waals surface area contributed by atoms with E-state index in [0.29, 0.717) is 31.5 Å². The summed E-state index contributed by atoms with van der Waals surface area (Å²) in [4.78, 5) is 28.5. The lowest BCUT2D eigenvalue weighted by Crippen LogP contribution is -2.45. The smallest absolute Gasteiger partial charge is 0.243 e. The van der Waals surface area contributed by atoms with E-state index in [1.807, 2.05) is 12.3 Å². The van der Waals surface area contributed by atoms with Gasteiger partial charge in [-0.3, -0.25) is 9.59 Å². The van der Waals surface area contributed by atoms with Gasteiger partial charge in [0.15, 0.2) is 0 Å². The third-order valence-corrected chi connectivity index (χ3v) is 7.43. The van der Waals surface area contributed by atoms with Gasteiger partial charge in [-0.1, -0.05) is 6.92 Å². The van der Waals surface area contributed by atoms with Gasteiger partial charge in [-0.15, -0.1) is 11.3 Å². The quantitative estimate of drug-likeness (QED) is 0.692. The molecule has 0 bridgehead atoms. The number of nitrogens with one attached hydrogen (secondary N) is 2. The van der Waals surface area contributed by atoms with Crippen LogP contribution in [-0.4, -0.2) is 42.1 Å². The predicted molar refractivity (Wildman–Crippen MR) is 111 cm³/mol. The van der Waals surface area contributed by atoms with Gasteiger partial charge in [-0.2, -0.15) is 4.31 Å². The van der Waals surface area contributed by atoms with Crippen LogP contribution in [-0.2, 0) is 26.2 Å². The lowest BCUT2D eigenvalue weighted by atomic mass is 10.2. The molecule has 0 saturated carbocycles. The number of carbonyl (C=O) groups excluding carboxylic acids is 2. The van der Waals surface area contributed by atoms with Crippen molar-refractivity contribution in [1.29, 1.82) is 0 Å². The Kier molecular flexibility index (Phi) is 6.66. The van der Waals surface area contributed by atoms with Crippen molar-refractivity contribution in [3.63, 3.8) is 0 Å². The van der Waals surface area contributed by atoms with Gasteiger partial charge in [-0.05, 0) is 44.0 Å². The van der Waals surface area contributed by atoms with Gasteiger partial charge in [0, 0.05) is 24.0 Å². The molecule has 1 fully saturated rings. The summed E-state index contributed by atoms with van der Waals surface area (Å²) >= 11 is 1.50. The monoisotopic (exact) mass is 436 g/mol. The first-order valence-corrected chi connectivity index (χ1v) is 11.7. The Morgan fingerprint density at radius 2 is 2.00 bits per heavy atom. The van der Waals surface area contributed by atoms with E-state index < -0.39 is 16.1 Å². The van der Waals surface area contributed by atoms with Crippen molar-refractivity contribution in [2.75, 3.05) is 11.9 Å². The second-order valence-electron chi connectivity index (χ2n) is 6.78. The molecule has 8 nitrogen and oxygen atoms in total. The number of aryl methyl sites for hydroxylation is 1. The van der Waals surface area contributed by atoms with E-state index in [2.05, 4.69) is 15.6 Å². The highest BCUT2D eigenvalue weighted by Gasteiger charge is 2.39. The number of carbonyl (C=O) groups is 2. The maximum atomic E-state index is 13.1. The molecule has 1 saturated heterocycles. The average molecular weight is 437 g/mol. The van der Waals surface area contributed by atoms with Crippen LogP contribution in [0.4, 0.5) is 5.69 Å². The summed E-state index contributed by atoms with van der Waals surface area (Å²) in [6.45, 7) is 4.20. The van der Waals surface area contributed by atoms with Crippen LogP contribution in [0.3, 0.4) is 0 Å². The van der Waals surface area contributed by atoms with Crippen LogP contribution < -0.4 is 10.6 Å². The van der Waals surface area contributed by atoms with E-state index >= 15 is 0 Å². The molecule has 1 aromatic carbocycles. The van der Waals surface area contributed by atoms with E-state index in [4.69, 9.17) is 0 Å². The molecular formula is C19H24N4O4S2. The van der Waals surface area contributed by atoms with E-state index in [9.17, 15) is 18.0 Å². The molecule has 2 amide bonds. The zero-order valence-electron chi connectivity index (χ0n) is 16.3. The highest BCUT2D eigenvalue weighted by molar-refractivity contribution is 7.89. The third-order valence-electron chi connectivity index (χ3n) is 4.68. The number of thiazole rings is 1. The number of aromatic nitrogens is 1. The lowest BCUT2D eigenvalue weighted by Gasteiger charge is -2.23. The first-order chi connectivity index (χ1) is 13.8. The van der Waals surface area contributed by atoms with Crippen LogP contribution in [0.15, 0.2) is 34.5 Å². The molecule has 2 N–H and O–H groups in total. The van der Waals surface area contributed by atoms with Gasteiger partial charge in [0.05, 0.1) is 22.1 Å². The minimum atomic E-state index is -3.82. The number of rotatable bonds is 7. The highest BCUT2D eigenvalue weighted by Crippen LogP contribution is 2.27. The maximum Gasteiger partial charge on any atom is 0.243 e. The van der Waals surface area contributed by atoms with Crippen molar-refractivity contribution in [2.45, 2.75) is 50.6 Å². The van der Waals surface area contributed by atoms with Gasteiger partial charge < -0.3 is 10.6 Å². The van der Waals surface area contributed by atoms with Crippen molar-refractivity contribution in [3.05, 3.63) is 40.3 Å². The van der Waals surface area contributed by atoms with Gasteiger partial charge in [0.1, 0.15) is 6.04 Å². The lowest BCUT2D eigenvalue weighted by molar-refractivity contribution is -0.124. The van der Waals surface area contributed by atoms with Crippen LogP contribution in [0.25, 0.3) is 0 Å². The second-order valence-corrected chi connectivity index (χ2v) is 9.73. The predicted octanol–water partition coefficient (Wildman–Crippen LogP) is 2.27. The highest BCUT2D eigenvalue weighted by atomic mass is 32.2. The van der Waals surface area contributed by atoms with Gasteiger partial charge in [0.2, 0.25) is 21.8 Å². The Labute approximate surface area is 174 Å². The molecule has 1 aromatic heterocycles. The topological polar surface area (TPSA) is 108 Å². The first-order valence-electron chi connectivity index (χ1n) is 9.41. The molecule has 156 valence electrons. The van der Waals surface area contributed by atoms with E-state index in [-0.39, 0.29) is 23.3 Å². The second kappa shape index (κ2) is 9.02. The molecule has 1 aliphatic rings. The third kappa shape index (κ3) is 5.01. The van der Waals surface area contributed by atoms with Crippen LogP contribution in [0.1, 0.15) is 36.9 Å². The summed E-state index contributed by atoms with van der Waals surface area (Å²) in [5.74, 6) is -0.462. The van der Waals surface area contributed by atoms with Crippen LogP contribution in [0, 0.1) is 6.92 Å². The average Bonchev–Trinajstić information content (AvgIpc) is 3.36. The fraction of sp³-hybridized carbons (Fsp3) is 0.421. The fourth-order valence-corrected chi connectivity index (χ4v) is 5.44. The van der Waals surface area contributed by atoms with Gasteiger partial charge in [0.25, 0.3) is 0 Å².